The van der Waals surface area contributed by atoms with Crippen molar-refractivity contribution < 1.29 is 4.79 Å². The van der Waals surface area contributed by atoms with Gasteiger partial charge in [0.15, 0.2) is 0 Å². The molecule has 5 heteroatoms. The molecular weight excluding hydrogens is 274 g/mol. The van der Waals surface area contributed by atoms with Crippen molar-refractivity contribution in [2.24, 2.45) is 0 Å². The Morgan fingerprint density at radius 1 is 1.20 bits per heavy atom. The number of hydrogen-bond donors (Lipinski definition) is 2. The molecule has 0 heterocycles. The summed E-state index contributed by atoms with van der Waals surface area (Å²) in [6.45, 7) is 0.433. The van der Waals surface area contributed by atoms with Gasteiger partial charge in [0.25, 0.3) is 0 Å². The van der Waals surface area contributed by atoms with E-state index in [4.69, 9.17) is 17.3 Å². The van der Waals surface area contributed by atoms with Crippen LogP contribution in [0.5, 0.6) is 0 Å². The van der Waals surface area contributed by atoms with Crippen molar-refractivity contribution in [3.05, 3.63) is 59.1 Å². The number of nitrogens with two attached hydrogens (primary N) is 1. The first-order chi connectivity index (χ1) is 9.58. The SMILES string of the molecule is CN(Cc1ccccc1N)C(=O)Nc1ccccc1Cl. The van der Waals surface area contributed by atoms with Crippen LogP contribution in [0.1, 0.15) is 5.56 Å². The van der Waals surface area contributed by atoms with Crippen LogP contribution in [0.25, 0.3) is 0 Å². The lowest BCUT2D eigenvalue weighted by Crippen LogP contribution is -2.31. The van der Waals surface area contributed by atoms with Gasteiger partial charge in [-0.25, -0.2) is 4.79 Å². The van der Waals surface area contributed by atoms with E-state index in [1.54, 1.807) is 24.1 Å². The van der Waals surface area contributed by atoms with Gasteiger partial charge in [0.2, 0.25) is 0 Å². The minimum absolute atomic E-state index is 0.235. The highest BCUT2D eigenvalue weighted by Gasteiger charge is 2.11. The molecule has 2 amide bonds. The smallest absolute Gasteiger partial charge is 0.321 e. The highest BCUT2D eigenvalue weighted by molar-refractivity contribution is 6.33. The number of carbonyl (C=O) groups excluding carboxylic acids is 1. The van der Waals surface area contributed by atoms with E-state index in [2.05, 4.69) is 5.32 Å². The third kappa shape index (κ3) is 3.42. The second-order valence-electron chi connectivity index (χ2n) is 4.46. The number of para-hydroxylation sites is 2. The number of nitrogens with zero attached hydrogens (tertiary/aromatic N) is 1. The zero-order chi connectivity index (χ0) is 14.5. The summed E-state index contributed by atoms with van der Waals surface area (Å²) in [6, 6.07) is 14.3. The first kappa shape index (κ1) is 14.2. The number of nitrogens with one attached hydrogen (secondary N) is 1. The van der Waals surface area contributed by atoms with Gasteiger partial charge in [-0.15, -0.1) is 0 Å². The quantitative estimate of drug-likeness (QED) is 0.849. The Morgan fingerprint density at radius 2 is 1.85 bits per heavy atom. The Kier molecular flexibility index (Phi) is 4.48. The van der Waals surface area contributed by atoms with Gasteiger partial charge in [-0.3, -0.25) is 0 Å². The van der Waals surface area contributed by atoms with Gasteiger partial charge in [0.1, 0.15) is 0 Å². The summed E-state index contributed by atoms with van der Waals surface area (Å²) in [5, 5.41) is 3.27. The molecule has 3 N–H and O–H groups in total. The first-order valence-electron chi connectivity index (χ1n) is 6.18. The Labute approximate surface area is 123 Å². The molecule has 0 bridgehead atoms. The van der Waals surface area contributed by atoms with Crippen LogP contribution in [0.3, 0.4) is 0 Å². The molecule has 0 saturated carbocycles. The number of urea groups is 1. The minimum atomic E-state index is -0.235. The third-order valence-electron chi connectivity index (χ3n) is 2.92. The predicted molar refractivity (Wildman–Crippen MR) is 82.8 cm³/mol. The van der Waals surface area contributed by atoms with Crippen molar-refractivity contribution in [1.82, 2.24) is 4.90 Å². The molecule has 20 heavy (non-hydrogen) atoms. The predicted octanol–water partition coefficient (Wildman–Crippen LogP) is 3.59. The highest BCUT2D eigenvalue weighted by atomic mass is 35.5. The lowest BCUT2D eigenvalue weighted by Gasteiger charge is -2.19. The number of halogens is 1. The van der Waals surface area contributed by atoms with Gasteiger partial charge >= 0.3 is 6.03 Å². The van der Waals surface area contributed by atoms with Crippen molar-refractivity contribution in [2.75, 3.05) is 18.1 Å². The van der Waals surface area contributed by atoms with E-state index >= 15 is 0 Å². The van der Waals surface area contributed by atoms with Crippen LogP contribution in [0.15, 0.2) is 48.5 Å². The maximum atomic E-state index is 12.1. The van der Waals surface area contributed by atoms with Gasteiger partial charge in [-0.2, -0.15) is 0 Å². The molecule has 0 aromatic heterocycles. The standard InChI is InChI=1S/C15H16ClN3O/c1-19(10-11-6-2-4-8-13(11)17)15(20)18-14-9-5-3-7-12(14)16/h2-9H,10,17H2,1H3,(H,18,20). The van der Waals surface area contributed by atoms with E-state index in [1.807, 2.05) is 36.4 Å². The van der Waals surface area contributed by atoms with Gasteiger partial charge in [-0.05, 0) is 23.8 Å². The lowest BCUT2D eigenvalue weighted by atomic mass is 10.2. The zero-order valence-corrected chi connectivity index (χ0v) is 11.9. The van der Waals surface area contributed by atoms with Gasteiger partial charge in [-0.1, -0.05) is 41.9 Å². The monoisotopic (exact) mass is 289 g/mol. The molecule has 2 rings (SSSR count). The largest absolute Gasteiger partial charge is 0.398 e. The van der Waals surface area contributed by atoms with Crippen LogP contribution in [-0.2, 0) is 6.54 Å². The van der Waals surface area contributed by atoms with Crippen LogP contribution in [-0.4, -0.2) is 18.0 Å². The Morgan fingerprint density at radius 3 is 2.55 bits per heavy atom. The van der Waals surface area contributed by atoms with Gasteiger partial charge in [0.05, 0.1) is 10.7 Å². The Balaban J connectivity index is 2.03. The van der Waals surface area contributed by atoms with Gasteiger partial charge < -0.3 is 16.0 Å². The Bertz CT molecular complexity index is 616. The number of rotatable bonds is 3. The zero-order valence-electron chi connectivity index (χ0n) is 11.1. The molecule has 0 saturated heterocycles. The van der Waals surface area contributed by atoms with E-state index < -0.39 is 0 Å². The van der Waals surface area contributed by atoms with Crippen molar-refractivity contribution in [2.45, 2.75) is 6.54 Å². The average molecular weight is 290 g/mol. The first-order valence-corrected chi connectivity index (χ1v) is 6.56. The normalized spacial score (nSPS) is 10.1. The number of nitrogen functional groups attached to an aromatic ring is 1. The van der Waals surface area contributed by atoms with Crippen LogP contribution in [0, 0.1) is 0 Å². The third-order valence-corrected chi connectivity index (χ3v) is 3.25. The molecule has 0 aliphatic carbocycles. The van der Waals surface area contributed by atoms with Crippen molar-refractivity contribution >= 4 is 29.0 Å². The summed E-state index contributed by atoms with van der Waals surface area (Å²) in [6.07, 6.45) is 0. The molecule has 0 unspecified atom stereocenters. The van der Waals surface area contributed by atoms with Crippen LogP contribution >= 0.6 is 11.6 Å². The number of anilines is 2. The molecule has 4 nitrogen and oxygen atoms in total. The van der Waals surface area contributed by atoms with Crippen molar-refractivity contribution in [3.63, 3.8) is 0 Å². The number of amides is 2. The number of benzene rings is 2. The molecule has 0 spiro atoms. The maximum absolute atomic E-state index is 12.1. The van der Waals surface area contributed by atoms with Crippen molar-refractivity contribution in [1.29, 1.82) is 0 Å². The molecule has 0 atom stereocenters. The molecular formula is C15H16ClN3O. The fourth-order valence-corrected chi connectivity index (χ4v) is 1.96. The topological polar surface area (TPSA) is 58.4 Å². The highest BCUT2D eigenvalue weighted by Crippen LogP contribution is 2.21. The molecule has 2 aromatic carbocycles. The van der Waals surface area contributed by atoms with Crippen LogP contribution in [0.2, 0.25) is 5.02 Å². The summed E-state index contributed by atoms with van der Waals surface area (Å²) in [5.74, 6) is 0. The van der Waals surface area contributed by atoms with E-state index in [1.165, 1.54) is 0 Å². The van der Waals surface area contributed by atoms with E-state index in [-0.39, 0.29) is 6.03 Å². The summed E-state index contributed by atoms with van der Waals surface area (Å²) in [7, 11) is 1.71. The summed E-state index contributed by atoms with van der Waals surface area (Å²) >= 11 is 6.01. The number of hydrogen-bond acceptors (Lipinski definition) is 2. The maximum Gasteiger partial charge on any atom is 0.321 e. The molecule has 0 fully saturated rings. The van der Waals surface area contributed by atoms with E-state index in [0.717, 1.165) is 5.56 Å². The number of carbonyl (C=O) groups is 1. The van der Waals surface area contributed by atoms with E-state index in [0.29, 0.717) is 22.9 Å². The molecule has 0 aliphatic rings. The van der Waals surface area contributed by atoms with Crippen LogP contribution < -0.4 is 11.1 Å². The minimum Gasteiger partial charge on any atom is -0.398 e. The summed E-state index contributed by atoms with van der Waals surface area (Å²) in [5.41, 5.74) is 8.03. The van der Waals surface area contributed by atoms with Crippen LogP contribution in [0.4, 0.5) is 16.2 Å². The average Bonchev–Trinajstić information content (AvgIpc) is 2.43. The Hall–Kier alpha value is -2.20. The van der Waals surface area contributed by atoms with Gasteiger partial charge in [0, 0.05) is 19.3 Å². The molecule has 104 valence electrons. The second-order valence-corrected chi connectivity index (χ2v) is 4.87. The summed E-state index contributed by atoms with van der Waals surface area (Å²) < 4.78 is 0. The summed E-state index contributed by atoms with van der Waals surface area (Å²) in [4.78, 5) is 13.6. The fourth-order valence-electron chi connectivity index (χ4n) is 1.78. The van der Waals surface area contributed by atoms with Crippen molar-refractivity contribution in [3.8, 4) is 0 Å². The molecule has 0 radical (unpaired) electrons. The van der Waals surface area contributed by atoms with E-state index in [9.17, 15) is 4.79 Å². The fraction of sp³-hybridized carbons (Fsp3) is 0.133. The molecule has 0 aliphatic heterocycles. The molecule has 2 aromatic rings. The lowest BCUT2D eigenvalue weighted by molar-refractivity contribution is 0.221. The second kappa shape index (κ2) is 6.30.